The van der Waals surface area contributed by atoms with Crippen LogP contribution in [0.5, 0.6) is 11.5 Å². The van der Waals surface area contributed by atoms with Gasteiger partial charge in [-0.05, 0) is 83.1 Å². The first kappa shape index (κ1) is 28.7. The summed E-state index contributed by atoms with van der Waals surface area (Å²) in [4.78, 5) is 2.34. The van der Waals surface area contributed by atoms with E-state index in [1.54, 1.807) is 0 Å². The Hall–Kier alpha value is -6.98. The minimum atomic E-state index is -0.0426. The van der Waals surface area contributed by atoms with E-state index in [4.69, 9.17) is 4.74 Å². The van der Waals surface area contributed by atoms with Gasteiger partial charge < -0.3 is 18.8 Å². The summed E-state index contributed by atoms with van der Waals surface area (Å²) in [5.74, 6) is 1.79. The summed E-state index contributed by atoms with van der Waals surface area (Å²) < 4.78 is 12.0. The van der Waals surface area contributed by atoms with E-state index in [0.717, 1.165) is 39.9 Å². The Labute approximate surface area is 306 Å². The Balaban J connectivity index is 1.28. The molecule has 2 aliphatic heterocycles. The van der Waals surface area contributed by atoms with Crippen LogP contribution >= 0.6 is 0 Å². The van der Waals surface area contributed by atoms with Crippen molar-refractivity contribution in [2.45, 2.75) is 0 Å². The molecule has 53 heavy (non-hydrogen) atoms. The second-order valence-electron chi connectivity index (χ2n) is 14.1. The molecule has 0 unspecified atom stereocenters. The highest BCUT2D eigenvalue weighted by atomic mass is 16.5. The predicted octanol–water partition coefficient (Wildman–Crippen LogP) is 10.3. The number of nitrogens with zero attached hydrogens (tertiary/aromatic N) is 3. The van der Waals surface area contributed by atoms with Crippen LogP contribution in [0.4, 0.5) is 17.1 Å². The van der Waals surface area contributed by atoms with Gasteiger partial charge in [0.1, 0.15) is 11.5 Å². The fourth-order valence-electron chi connectivity index (χ4n) is 9.27. The first-order chi connectivity index (χ1) is 26.3. The number of ether oxygens (including phenoxy) is 1. The van der Waals surface area contributed by atoms with Gasteiger partial charge in [-0.2, -0.15) is 0 Å². The summed E-state index contributed by atoms with van der Waals surface area (Å²) in [5.41, 5.74) is 14.1. The molecule has 0 saturated heterocycles. The van der Waals surface area contributed by atoms with Crippen molar-refractivity contribution in [1.29, 1.82) is 0 Å². The van der Waals surface area contributed by atoms with Crippen molar-refractivity contribution in [2.75, 3.05) is 4.90 Å². The lowest BCUT2D eigenvalue weighted by Gasteiger charge is -2.35. The zero-order valence-electron chi connectivity index (χ0n) is 28.6. The molecule has 4 nitrogen and oxygen atoms in total. The van der Waals surface area contributed by atoms with Gasteiger partial charge in [-0.25, -0.2) is 0 Å². The van der Waals surface area contributed by atoms with Crippen molar-refractivity contribution in [2.24, 2.45) is 0 Å². The van der Waals surface area contributed by atoms with Crippen LogP contribution in [0.2, 0.25) is 0 Å². The molecule has 0 bridgehead atoms. The van der Waals surface area contributed by atoms with E-state index < -0.39 is 0 Å². The molecule has 0 spiro atoms. The lowest BCUT2D eigenvalue weighted by molar-refractivity contribution is 0.487. The lowest BCUT2D eigenvalue weighted by atomic mass is 9.34. The van der Waals surface area contributed by atoms with Gasteiger partial charge in [0.25, 0.3) is 6.71 Å². The minimum absolute atomic E-state index is 0.0426. The van der Waals surface area contributed by atoms with E-state index in [2.05, 4.69) is 196 Å². The molecule has 0 atom stereocenters. The Morgan fingerprint density at radius 1 is 0.434 bits per heavy atom. The van der Waals surface area contributed by atoms with Crippen LogP contribution in [0.15, 0.2) is 182 Å². The van der Waals surface area contributed by atoms with Crippen molar-refractivity contribution in [1.82, 2.24) is 9.13 Å². The largest absolute Gasteiger partial charge is 0.458 e. The van der Waals surface area contributed by atoms with Crippen LogP contribution in [0.1, 0.15) is 0 Å². The monoisotopic (exact) mass is 675 g/mol. The van der Waals surface area contributed by atoms with Gasteiger partial charge in [0.2, 0.25) is 0 Å². The van der Waals surface area contributed by atoms with Crippen LogP contribution in [-0.4, -0.2) is 15.8 Å². The van der Waals surface area contributed by atoms with E-state index in [9.17, 15) is 0 Å². The number of anilines is 3. The number of hydrogen-bond acceptors (Lipinski definition) is 2. The van der Waals surface area contributed by atoms with Gasteiger partial charge in [0, 0.05) is 50.4 Å². The normalized spacial score (nSPS) is 12.6. The molecule has 12 rings (SSSR count). The maximum atomic E-state index is 7.02. The molecule has 0 aliphatic carbocycles. The van der Waals surface area contributed by atoms with E-state index in [-0.39, 0.29) is 6.71 Å². The molecule has 4 heterocycles. The standard InChI is InChI=1S/C48H30BN3O/c1-4-16-31(17-5-1)50(32-18-6-2-7-19-32)34-28-42-46-44(29-34)53-43-27-15-12-24-38(43)49(46)47-45-36-23-11-14-26-40(36)51(33-20-8-3-9-21-33)41(45)30-37-35-22-10-13-25-39(35)52(42)48(37)47/h1-30H. The molecule has 2 aliphatic rings. The second kappa shape index (κ2) is 10.8. The number of rotatable bonds is 4. The average Bonchev–Trinajstić information content (AvgIpc) is 3.73. The topological polar surface area (TPSA) is 22.3 Å². The molecule has 0 N–H and O–H groups in total. The fraction of sp³-hybridized carbons (Fsp3) is 0. The zero-order chi connectivity index (χ0) is 34.6. The maximum Gasteiger partial charge on any atom is 0.257 e. The molecule has 2 aromatic heterocycles. The lowest BCUT2D eigenvalue weighted by Crippen LogP contribution is -2.58. The quantitative estimate of drug-likeness (QED) is 0.173. The third-order valence-electron chi connectivity index (χ3n) is 11.3. The van der Waals surface area contributed by atoms with Crippen molar-refractivity contribution < 1.29 is 4.74 Å². The van der Waals surface area contributed by atoms with Crippen LogP contribution in [0, 0.1) is 0 Å². The molecule has 0 fully saturated rings. The van der Waals surface area contributed by atoms with Crippen LogP contribution < -0.4 is 26.0 Å². The molecule has 5 heteroatoms. The van der Waals surface area contributed by atoms with E-state index in [1.165, 1.54) is 60.0 Å². The van der Waals surface area contributed by atoms with E-state index in [0.29, 0.717) is 0 Å². The molecule has 0 saturated carbocycles. The number of para-hydroxylation sites is 6. The molecule has 8 aromatic carbocycles. The van der Waals surface area contributed by atoms with Crippen LogP contribution in [0.3, 0.4) is 0 Å². The number of aromatic nitrogens is 2. The number of hydrogen-bond donors (Lipinski definition) is 0. The Bertz CT molecular complexity index is 3050. The molecular formula is C48H30BN3O. The number of fused-ring (bicyclic) bond motifs is 11. The first-order valence-electron chi connectivity index (χ1n) is 18.2. The van der Waals surface area contributed by atoms with Gasteiger partial charge in [-0.3, -0.25) is 0 Å². The van der Waals surface area contributed by atoms with Gasteiger partial charge in [-0.1, -0.05) is 109 Å². The predicted molar refractivity (Wildman–Crippen MR) is 221 cm³/mol. The molecular weight excluding hydrogens is 645 g/mol. The van der Waals surface area contributed by atoms with Crippen molar-refractivity contribution >= 4 is 83.8 Å². The summed E-state index contributed by atoms with van der Waals surface area (Å²) in [6, 6.07) is 65.6. The van der Waals surface area contributed by atoms with Gasteiger partial charge in [0.15, 0.2) is 0 Å². The van der Waals surface area contributed by atoms with Crippen molar-refractivity contribution in [3.05, 3.63) is 182 Å². The third-order valence-corrected chi connectivity index (χ3v) is 11.3. The highest BCUT2D eigenvalue weighted by Crippen LogP contribution is 2.45. The fourth-order valence-corrected chi connectivity index (χ4v) is 9.27. The van der Waals surface area contributed by atoms with E-state index in [1.807, 2.05) is 0 Å². The summed E-state index contributed by atoms with van der Waals surface area (Å²) in [6.45, 7) is -0.0426. The summed E-state index contributed by atoms with van der Waals surface area (Å²) in [5, 5.41) is 5.04. The van der Waals surface area contributed by atoms with Crippen molar-refractivity contribution in [3.63, 3.8) is 0 Å². The van der Waals surface area contributed by atoms with Crippen molar-refractivity contribution in [3.8, 4) is 22.9 Å². The first-order valence-corrected chi connectivity index (χ1v) is 18.2. The average molecular weight is 676 g/mol. The highest BCUT2D eigenvalue weighted by Gasteiger charge is 2.43. The zero-order valence-corrected chi connectivity index (χ0v) is 28.6. The Morgan fingerprint density at radius 3 is 1.77 bits per heavy atom. The molecule has 0 radical (unpaired) electrons. The number of benzene rings is 8. The smallest absolute Gasteiger partial charge is 0.257 e. The van der Waals surface area contributed by atoms with Crippen LogP contribution in [-0.2, 0) is 0 Å². The molecule has 246 valence electrons. The highest BCUT2D eigenvalue weighted by molar-refractivity contribution is 7.01. The van der Waals surface area contributed by atoms with Gasteiger partial charge >= 0.3 is 0 Å². The molecule has 0 amide bonds. The Kier molecular flexibility index (Phi) is 5.83. The second-order valence-corrected chi connectivity index (χ2v) is 14.1. The van der Waals surface area contributed by atoms with Crippen LogP contribution in [0.25, 0.3) is 55.0 Å². The SMILES string of the molecule is c1ccc(N(c2ccccc2)c2cc3c4c(c2)-n2c5ccccc5c5cc6c(c(c52)B4c2ccccc2O3)c2ccccc2n6-c2ccccc2)cc1. The molecule has 10 aromatic rings. The summed E-state index contributed by atoms with van der Waals surface area (Å²) in [7, 11) is 0. The summed E-state index contributed by atoms with van der Waals surface area (Å²) in [6.07, 6.45) is 0. The van der Waals surface area contributed by atoms with E-state index >= 15 is 0 Å². The summed E-state index contributed by atoms with van der Waals surface area (Å²) >= 11 is 0. The third kappa shape index (κ3) is 3.91. The maximum absolute atomic E-state index is 7.02. The Morgan fingerprint density at radius 2 is 1.04 bits per heavy atom. The van der Waals surface area contributed by atoms with Gasteiger partial charge in [-0.15, -0.1) is 0 Å². The van der Waals surface area contributed by atoms with Gasteiger partial charge in [0.05, 0.1) is 27.8 Å². The minimum Gasteiger partial charge on any atom is -0.458 e.